The van der Waals surface area contributed by atoms with Gasteiger partial charge >= 0.3 is 6.09 Å². The number of primary amides is 1. The number of nitrogens with two attached hydrogens (primary N) is 1. The summed E-state index contributed by atoms with van der Waals surface area (Å²) in [4.78, 5) is 10.8. The Labute approximate surface area is 84.2 Å². The van der Waals surface area contributed by atoms with Crippen molar-refractivity contribution in [2.75, 3.05) is 13.1 Å². The normalized spacial score (nSPS) is 41.8. The van der Waals surface area contributed by atoms with Crippen molar-refractivity contribution in [3.8, 4) is 0 Å². The highest BCUT2D eigenvalue weighted by atomic mass is 16.6. The third kappa shape index (κ3) is 1.85. The molecule has 4 heteroatoms. The zero-order valence-corrected chi connectivity index (χ0v) is 8.58. The highest BCUT2D eigenvalue weighted by Crippen LogP contribution is 2.43. The van der Waals surface area contributed by atoms with Crippen LogP contribution in [0.15, 0.2) is 0 Å². The molecule has 2 fully saturated rings. The van der Waals surface area contributed by atoms with E-state index >= 15 is 0 Å². The molecule has 0 bridgehead atoms. The largest absolute Gasteiger partial charge is 0.443 e. The molecular formula is C10H18N2O2. The van der Waals surface area contributed by atoms with Crippen LogP contribution in [0, 0.1) is 11.8 Å². The first-order valence-electron chi connectivity index (χ1n) is 5.28. The summed E-state index contributed by atoms with van der Waals surface area (Å²) < 4.78 is 5.20. The first-order valence-corrected chi connectivity index (χ1v) is 5.28. The van der Waals surface area contributed by atoms with Gasteiger partial charge in [-0.3, -0.25) is 0 Å². The Bertz CT molecular complexity index is 228. The summed E-state index contributed by atoms with van der Waals surface area (Å²) >= 11 is 0. The monoisotopic (exact) mass is 198 g/mol. The lowest BCUT2D eigenvalue weighted by Crippen LogP contribution is -2.33. The molecule has 0 aromatic carbocycles. The second-order valence-electron chi connectivity index (χ2n) is 4.79. The number of carbonyl (C=O) groups excluding carboxylic acids is 1. The molecule has 14 heavy (non-hydrogen) atoms. The summed E-state index contributed by atoms with van der Waals surface area (Å²) in [7, 11) is 0. The molecule has 0 radical (unpaired) electrons. The van der Waals surface area contributed by atoms with Crippen molar-refractivity contribution in [2.24, 2.45) is 17.6 Å². The number of amides is 1. The van der Waals surface area contributed by atoms with Gasteiger partial charge in [0.05, 0.1) is 0 Å². The van der Waals surface area contributed by atoms with E-state index in [2.05, 4.69) is 5.32 Å². The minimum atomic E-state index is -0.640. The number of ether oxygens (including phenoxy) is 1. The summed E-state index contributed by atoms with van der Waals surface area (Å²) in [5.41, 5.74) is 4.76. The fourth-order valence-electron chi connectivity index (χ4n) is 3.00. The van der Waals surface area contributed by atoms with Gasteiger partial charge in [0.25, 0.3) is 0 Å². The highest BCUT2D eigenvalue weighted by molar-refractivity contribution is 5.65. The summed E-state index contributed by atoms with van der Waals surface area (Å²) in [6, 6.07) is 0. The van der Waals surface area contributed by atoms with Gasteiger partial charge in [-0.25, -0.2) is 4.79 Å². The Kier molecular flexibility index (Phi) is 2.39. The van der Waals surface area contributed by atoms with Gasteiger partial charge in [0.2, 0.25) is 0 Å². The molecule has 1 saturated carbocycles. The summed E-state index contributed by atoms with van der Waals surface area (Å²) in [5, 5.41) is 3.38. The minimum absolute atomic E-state index is 0.312. The average molecular weight is 198 g/mol. The lowest BCUT2D eigenvalue weighted by molar-refractivity contribution is 0.0321. The lowest BCUT2D eigenvalue weighted by atomic mass is 9.90. The van der Waals surface area contributed by atoms with Gasteiger partial charge in [0, 0.05) is 0 Å². The molecule has 2 rings (SSSR count). The second-order valence-corrected chi connectivity index (χ2v) is 4.79. The molecule has 2 aliphatic rings. The molecule has 0 aromatic rings. The molecule has 3 N–H and O–H groups in total. The molecule has 1 saturated heterocycles. The molecule has 1 aliphatic carbocycles. The van der Waals surface area contributed by atoms with E-state index in [1.807, 2.05) is 6.92 Å². The average Bonchev–Trinajstić information content (AvgIpc) is 2.38. The molecule has 1 amide bonds. The van der Waals surface area contributed by atoms with Gasteiger partial charge in [-0.15, -0.1) is 0 Å². The predicted octanol–water partition coefficient (Wildman–Crippen LogP) is 0.860. The minimum Gasteiger partial charge on any atom is -0.443 e. The van der Waals surface area contributed by atoms with E-state index in [0.717, 1.165) is 25.9 Å². The van der Waals surface area contributed by atoms with E-state index < -0.39 is 6.09 Å². The number of piperidine rings is 1. The van der Waals surface area contributed by atoms with Crippen molar-refractivity contribution in [3.05, 3.63) is 0 Å². The first-order chi connectivity index (χ1) is 6.59. The maximum absolute atomic E-state index is 10.8. The van der Waals surface area contributed by atoms with Crippen molar-refractivity contribution < 1.29 is 9.53 Å². The smallest absolute Gasteiger partial charge is 0.405 e. The summed E-state index contributed by atoms with van der Waals surface area (Å²) in [5.74, 6) is 1.37. The standard InChI is InChI=1S/C10H18N2O2/c1-10(14-9(11)13)4-7-2-3-12-6-8(7)5-10/h7-8,12H,2-6H2,1H3,(H2,11,13)/t7-,8?,10?/m0/s1. The molecule has 80 valence electrons. The number of rotatable bonds is 1. The van der Waals surface area contributed by atoms with Crippen LogP contribution in [0.3, 0.4) is 0 Å². The number of nitrogens with one attached hydrogen (secondary N) is 1. The fourth-order valence-corrected chi connectivity index (χ4v) is 3.00. The van der Waals surface area contributed by atoms with Crippen molar-refractivity contribution >= 4 is 6.09 Å². The molecule has 0 aromatic heterocycles. The van der Waals surface area contributed by atoms with Crippen LogP contribution in [0.4, 0.5) is 4.79 Å². The van der Waals surface area contributed by atoms with Gasteiger partial charge in [-0.1, -0.05) is 0 Å². The predicted molar refractivity (Wildman–Crippen MR) is 52.8 cm³/mol. The van der Waals surface area contributed by atoms with Crippen LogP contribution >= 0.6 is 0 Å². The van der Waals surface area contributed by atoms with Crippen LogP contribution in [-0.4, -0.2) is 24.8 Å². The molecule has 3 atom stereocenters. The number of hydrogen-bond donors (Lipinski definition) is 2. The van der Waals surface area contributed by atoms with Gasteiger partial charge in [-0.2, -0.15) is 0 Å². The van der Waals surface area contributed by atoms with Gasteiger partial charge < -0.3 is 15.8 Å². The number of carbonyl (C=O) groups is 1. The van der Waals surface area contributed by atoms with Crippen LogP contribution < -0.4 is 11.1 Å². The van der Waals surface area contributed by atoms with Crippen LogP contribution in [0.25, 0.3) is 0 Å². The number of fused-ring (bicyclic) bond motifs is 1. The van der Waals surface area contributed by atoms with E-state index in [4.69, 9.17) is 10.5 Å². The first kappa shape index (κ1) is 9.77. The zero-order valence-electron chi connectivity index (χ0n) is 8.58. The molecule has 0 spiro atoms. The van der Waals surface area contributed by atoms with Crippen LogP contribution in [0.2, 0.25) is 0 Å². The van der Waals surface area contributed by atoms with Gasteiger partial charge in [0.15, 0.2) is 0 Å². The van der Waals surface area contributed by atoms with Gasteiger partial charge in [-0.05, 0) is 51.1 Å². The van der Waals surface area contributed by atoms with Crippen LogP contribution in [0.5, 0.6) is 0 Å². The summed E-state index contributed by atoms with van der Waals surface area (Å²) in [6.45, 7) is 4.15. The second kappa shape index (κ2) is 3.42. The van der Waals surface area contributed by atoms with E-state index in [9.17, 15) is 4.79 Å². The summed E-state index contributed by atoms with van der Waals surface area (Å²) in [6.07, 6.45) is 2.48. The fraction of sp³-hybridized carbons (Fsp3) is 0.900. The highest BCUT2D eigenvalue weighted by Gasteiger charge is 2.45. The molecule has 1 heterocycles. The maximum Gasteiger partial charge on any atom is 0.405 e. The van der Waals surface area contributed by atoms with E-state index in [1.54, 1.807) is 0 Å². The molecule has 2 unspecified atom stereocenters. The Hall–Kier alpha value is -0.770. The number of hydrogen-bond acceptors (Lipinski definition) is 3. The Morgan fingerprint density at radius 2 is 2.21 bits per heavy atom. The topological polar surface area (TPSA) is 64.3 Å². The van der Waals surface area contributed by atoms with Crippen molar-refractivity contribution in [3.63, 3.8) is 0 Å². The van der Waals surface area contributed by atoms with E-state index in [1.165, 1.54) is 6.42 Å². The third-order valence-corrected chi connectivity index (χ3v) is 3.50. The van der Waals surface area contributed by atoms with Crippen LogP contribution in [0.1, 0.15) is 26.2 Å². The van der Waals surface area contributed by atoms with Crippen molar-refractivity contribution in [1.82, 2.24) is 5.32 Å². The maximum atomic E-state index is 10.8. The Morgan fingerprint density at radius 3 is 2.86 bits per heavy atom. The molecular weight excluding hydrogens is 180 g/mol. The van der Waals surface area contributed by atoms with Crippen LogP contribution in [-0.2, 0) is 4.74 Å². The Morgan fingerprint density at radius 1 is 1.50 bits per heavy atom. The lowest BCUT2D eigenvalue weighted by Gasteiger charge is -2.24. The quantitative estimate of drug-likeness (QED) is 0.656. The van der Waals surface area contributed by atoms with Crippen molar-refractivity contribution in [1.29, 1.82) is 0 Å². The van der Waals surface area contributed by atoms with Crippen molar-refractivity contribution in [2.45, 2.75) is 31.8 Å². The third-order valence-electron chi connectivity index (χ3n) is 3.50. The Balaban J connectivity index is 2.00. The zero-order chi connectivity index (χ0) is 10.2. The van der Waals surface area contributed by atoms with E-state index in [-0.39, 0.29) is 5.60 Å². The SMILES string of the molecule is CC1(OC(N)=O)CC2CNCC[C@H]2C1. The van der Waals surface area contributed by atoms with E-state index in [0.29, 0.717) is 11.8 Å². The molecule has 1 aliphatic heterocycles. The van der Waals surface area contributed by atoms with Gasteiger partial charge in [0.1, 0.15) is 5.60 Å². The molecule has 4 nitrogen and oxygen atoms in total.